The second-order valence-corrected chi connectivity index (χ2v) is 5.85. The van der Waals surface area contributed by atoms with E-state index in [1.807, 2.05) is 13.2 Å². The Morgan fingerprint density at radius 2 is 2.15 bits per heavy atom. The third-order valence-corrected chi connectivity index (χ3v) is 3.77. The van der Waals surface area contributed by atoms with Crippen LogP contribution in [0.4, 0.5) is 0 Å². The molecule has 0 spiro atoms. The van der Waals surface area contributed by atoms with Gasteiger partial charge in [-0.1, -0.05) is 6.92 Å². The Morgan fingerprint density at radius 1 is 1.54 bits per heavy atom. The van der Waals surface area contributed by atoms with Gasteiger partial charge in [-0.3, -0.25) is 0 Å². The highest BCUT2D eigenvalue weighted by molar-refractivity contribution is 7.98. The number of thioether (sulfide) groups is 1. The molecule has 0 rings (SSSR count). The first-order valence-corrected chi connectivity index (χ1v) is 7.22. The molecule has 0 aliphatic rings. The topological polar surface area (TPSA) is 72.2 Å². The van der Waals surface area contributed by atoms with Gasteiger partial charge in [0.2, 0.25) is 10.0 Å². The van der Waals surface area contributed by atoms with Crippen molar-refractivity contribution in [3.8, 4) is 0 Å². The first-order valence-electron chi connectivity index (χ1n) is 4.18. The van der Waals surface area contributed by atoms with Gasteiger partial charge in [0.15, 0.2) is 0 Å². The fraction of sp³-hybridized carbons (Fsp3) is 1.00. The number of rotatable bonds is 7. The number of nitrogens with two attached hydrogens (primary N) is 1. The molecule has 0 aliphatic carbocycles. The molecular weight excluding hydrogens is 208 g/mol. The van der Waals surface area contributed by atoms with Gasteiger partial charge in [-0.05, 0) is 17.9 Å². The quantitative estimate of drug-likeness (QED) is 0.634. The minimum atomic E-state index is -3.13. The predicted molar refractivity (Wildman–Crippen MR) is 58.4 cm³/mol. The molecule has 0 saturated carbocycles. The SMILES string of the molecule is CSCC(C)CNS(=O)(=O)CCN. The summed E-state index contributed by atoms with van der Waals surface area (Å²) in [5, 5.41) is 0. The summed E-state index contributed by atoms with van der Waals surface area (Å²) < 4.78 is 24.8. The first-order chi connectivity index (χ1) is 6.02. The maximum Gasteiger partial charge on any atom is 0.212 e. The van der Waals surface area contributed by atoms with Crippen molar-refractivity contribution in [2.24, 2.45) is 11.7 Å². The van der Waals surface area contributed by atoms with E-state index in [0.717, 1.165) is 5.75 Å². The van der Waals surface area contributed by atoms with Gasteiger partial charge in [0.05, 0.1) is 5.75 Å². The van der Waals surface area contributed by atoms with Gasteiger partial charge < -0.3 is 5.73 Å². The molecule has 6 heteroatoms. The fourth-order valence-corrected chi connectivity index (χ4v) is 2.52. The molecule has 0 aromatic rings. The van der Waals surface area contributed by atoms with E-state index >= 15 is 0 Å². The highest BCUT2D eigenvalue weighted by Crippen LogP contribution is 2.02. The van der Waals surface area contributed by atoms with Gasteiger partial charge in [0.25, 0.3) is 0 Å². The number of nitrogens with one attached hydrogen (secondary N) is 1. The van der Waals surface area contributed by atoms with Crippen LogP contribution in [-0.2, 0) is 10.0 Å². The second kappa shape index (κ2) is 6.64. The summed E-state index contributed by atoms with van der Waals surface area (Å²) >= 11 is 1.71. The Bertz CT molecular complexity index is 217. The molecule has 1 unspecified atom stereocenters. The maximum atomic E-state index is 11.1. The minimum Gasteiger partial charge on any atom is -0.329 e. The summed E-state index contributed by atoms with van der Waals surface area (Å²) in [4.78, 5) is 0. The lowest BCUT2D eigenvalue weighted by molar-refractivity contribution is 0.562. The number of sulfonamides is 1. The summed E-state index contributed by atoms with van der Waals surface area (Å²) in [6.45, 7) is 2.69. The molecule has 80 valence electrons. The van der Waals surface area contributed by atoms with Gasteiger partial charge in [-0.2, -0.15) is 11.8 Å². The highest BCUT2D eigenvalue weighted by atomic mass is 32.2. The third kappa shape index (κ3) is 7.30. The standard InChI is InChI=1S/C7H18N2O2S2/c1-7(6-12-2)5-9-13(10,11)4-3-8/h7,9H,3-6,8H2,1-2H3. The zero-order valence-electron chi connectivity index (χ0n) is 8.12. The lowest BCUT2D eigenvalue weighted by Gasteiger charge is -2.10. The maximum absolute atomic E-state index is 11.1. The molecule has 0 radical (unpaired) electrons. The van der Waals surface area contributed by atoms with Crippen molar-refractivity contribution in [2.75, 3.05) is 30.9 Å². The Morgan fingerprint density at radius 3 is 2.62 bits per heavy atom. The van der Waals surface area contributed by atoms with Crippen molar-refractivity contribution < 1.29 is 8.42 Å². The van der Waals surface area contributed by atoms with Crippen LogP contribution >= 0.6 is 11.8 Å². The van der Waals surface area contributed by atoms with Crippen LogP contribution in [0.5, 0.6) is 0 Å². The van der Waals surface area contributed by atoms with Gasteiger partial charge in [-0.25, -0.2) is 13.1 Å². The molecule has 0 aromatic heterocycles. The average Bonchev–Trinajstić information content (AvgIpc) is 2.02. The van der Waals surface area contributed by atoms with Crippen LogP contribution in [0.1, 0.15) is 6.92 Å². The van der Waals surface area contributed by atoms with Gasteiger partial charge in [-0.15, -0.1) is 0 Å². The van der Waals surface area contributed by atoms with Crippen LogP contribution in [0.25, 0.3) is 0 Å². The van der Waals surface area contributed by atoms with E-state index in [0.29, 0.717) is 12.5 Å². The van der Waals surface area contributed by atoms with E-state index in [1.165, 1.54) is 0 Å². The second-order valence-electron chi connectivity index (χ2n) is 3.02. The van der Waals surface area contributed by atoms with Crippen LogP contribution in [0.15, 0.2) is 0 Å². The summed E-state index contributed by atoms with van der Waals surface area (Å²) in [6.07, 6.45) is 2.00. The molecule has 0 aromatic carbocycles. The molecule has 0 amide bonds. The fourth-order valence-electron chi connectivity index (χ4n) is 0.840. The van der Waals surface area contributed by atoms with Crippen LogP contribution in [0.3, 0.4) is 0 Å². The Hall–Kier alpha value is 0.220. The van der Waals surface area contributed by atoms with E-state index < -0.39 is 10.0 Å². The van der Waals surface area contributed by atoms with E-state index in [9.17, 15) is 8.42 Å². The molecule has 1 atom stereocenters. The van der Waals surface area contributed by atoms with Crippen LogP contribution in [0.2, 0.25) is 0 Å². The van der Waals surface area contributed by atoms with E-state index in [-0.39, 0.29) is 12.3 Å². The molecule has 3 N–H and O–H groups in total. The normalized spacial score (nSPS) is 14.4. The number of hydrogen-bond donors (Lipinski definition) is 2. The summed E-state index contributed by atoms with van der Waals surface area (Å²) in [7, 11) is -3.13. The Balaban J connectivity index is 3.74. The third-order valence-electron chi connectivity index (χ3n) is 1.49. The van der Waals surface area contributed by atoms with Crippen molar-refractivity contribution in [1.29, 1.82) is 0 Å². The smallest absolute Gasteiger partial charge is 0.212 e. The van der Waals surface area contributed by atoms with Crippen LogP contribution in [-0.4, -0.2) is 39.3 Å². The zero-order valence-corrected chi connectivity index (χ0v) is 9.75. The van der Waals surface area contributed by atoms with Gasteiger partial charge in [0.1, 0.15) is 0 Å². The largest absolute Gasteiger partial charge is 0.329 e. The van der Waals surface area contributed by atoms with Crippen molar-refractivity contribution >= 4 is 21.8 Å². The van der Waals surface area contributed by atoms with Crippen molar-refractivity contribution in [3.05, 3.63) is 0 Å². The van der Waals surface area contributed by atoms with Gasteiger partial charge >= 0.3 is 0 Å². The monoisotopic (exact) mass is 226 g/mol. The van der Waals surface area contributed by atoms with E-state index in [1.54, 1.807) is 11.8 Å². The minimum absolute atomic E-state index is 0.0129. The average molecular weight is 226 g/mol. The highest BCUT2D eigenvalue weighted by Gasteiger charge is 2.10. The van der Waals surface area contributed by atoms with Crippen molar-refractivity contribution in [2.45, 2.75) is 6.92 Å². The molecule has 0 bridgehead atoms. The summed E-state index contributed by atoms with van der Waals surface area (Å²) in [5.41, 5.74) is 5.16. The molecule has 0 fully saturated rings. The molecule has 0 heterocycles. The van der Waals surface area contributed by atoms with Gasteiger partial charge in [0, 0.05) is 13.1 Å². The van der Waals surface area contributed by atoms with E-state index in [4.69, 9.17) is 5.73 Å². The van der Waals surface area contributed by atoms with Crippen LogP contribution in [0, 0.1) is 5.92 Å². The molecule has 13 heavy (non-hydrogen) atoms. The van der Waals surface area contributed by atoms with Crippen molar-refractivity contribution in [3.63, 3.8) is 0 Å². The van der Waals surface area contributed by atoms with Crippen LogP contribution < -0.4 is 10.5 Å². The first kappa shape index (κ1) is 13.2. The summed E-state index contributed by atoms with van der Waals surface area (Å²) in [5.74, 6) is 1.34. The van der Waals surface area contributed by atoms with E-state index in [2.05, 4.69) is 4.72 Å². The Kier molecular flexibility index (Phi) is 6.75. The number of hydrogen-bond acceptors (Lipinski definition) is 4. The zero-order chi connectivity index (χ0) is 10.3. The Labute approximate surface area is 84.7 Å². The molecular formula is C7H18N2O2S2. The summed E-state index contributed by atoms with van der Waals surface area (Å²) in [6, 6.07) is 0. The van der Waals surface area contributed by atoms with Crippen molar-refractivity contribution in [1.82, 2.24) is 4.72 Å². The lowest BCUT2D eigenvalue weighted by Crippen LogP contribution is -2.33. The molecule has 0 aliphatic heterocycles. The molecule has 0 saturated heterocycles. The predicted octanol–water partition coefficient (Wildman–Crippen LogP) is -0.136. The molecule has 4 nitrogen and oxygen atoms in total. The lowest BCUT2D eigenvalue weighted by atomic mass is 10.2.